The van der Waals surface area contributed by atoms with Gasteiger partial charge in [-0.25, -0.2) is 4.98 Å². The molecule has 1 aliphatic rings. The van der Waals surface area contributed by atoms with E-state index in [1.54, 1.807) is 6.20 Å². The Morgan fingerprint density at radius 3 is 3.19 bits per heavy atom. The first-order chi connectivity index (χ1) is 7.88. The fraction of sp³-hybridized carbons (Fsp3) is 0.545. The number of hydrogen-bond donors (Lipinski definition) is 2. The summed E-state index contributed by atoms with van der Waals surface area (Å²) in [4.78, 5) is 4.15. The van der Waals surface area contributed by atoms with Gasteiger partial charge in [-0.3, -0.25) is 0 Å². The fourth-order valence-corrected chi connectivity index (χ4v) is 1.56. The molecule has 1 aromatic heterocycles. The predicted octanol–water partition coefficient (Wildman–Crippen LogP) is 0.951. The summed E-state index contributed by atoms with van der Waals surface area (Å²) < 4.78 is 10.9. The molecule has 1 saturated heterocycles. The Labute approximate surface area is 95.2 Å². The number of nitrogens with zero attached hydrogens (tertiary/aromatic N) is 1. The molecule has 88 valence electrons. The van der Waals surface area contributed by atoms with Crippen LogP contribution in [0.25, 0.3) is 0 Å². The van der Waals surface area contributed by atoms with E-state index in [1.165, 1.54) is 0 Å². The van der Waals surface area contributed by atoms with E-state index in [2.05, 4.69) is 15.6 Å². The summed E-state index contributed by atoms with van der Waals surface area (Å²) in [6, 6.07) is 3.90. The Kier molecular flexibility index (Phi) is 3.96. The summed E-state index contributed by atoms with van der Waals surface area (Å²) in [6.45, 7) is 2.81. The number of nitrogens with one attached hydrogen (secondary N) is 2. The van der Waals surface area contributed by atoms with Crippen LogP contribution in [0.2, 0.25) is 0 Å². The maximum atomic E-state index is 5.54. The number of ether oxygens (including phenoxy) is 2. The van der Waals surface area contributed by atoms with Gasteiger partial charge in [0.2, 0.25) is 0 Å². The van der Waals surface area contributed by atoms with Crippen molar-refractivity contribution in [1.82, 2.24) is 4.98 Å². The zero-order valence-corrected chi connectivity index (χ0v) is 9.40. The van der Waals surface area contributed by atoms with Crippen molar-refractivity contribution >= 4 is 11.5 Å². The van der Waals surface area contributed by atoms with E-state index in [9.17, 15) is 0 Å². The van der Waals surface area contributed by atoms with E-state index in [1.807, 2.05) is 19.2 Å². The zero-order chi connectivity index (χ0) is 11.2. The highest BCUT2D eigenvalue weighted by atomic mass is 16.6. The molecule has 5 nitrogen and oxygen atoms in total. The standard InChI is InChI=1S/C11H17N3O2/c1-12-11-6-9(2-3-13-11)14-7-10-8-15-4-5-16-10/h2-3,6,10H,4-5,7-8H2,1H3,(H2,12,13,14). The van der Waals surface area contributed by atoms with Crippen molar-refractivity contribution in [3.8, 4) is 0 Å². The van der Waals surface area contributed by atoms with Crippen molar-refractivity contribution in [3.63, 3.8) is 0 Å². The molecular weight excluding hydrogens is 206 g/mol. The Hall–Kier alpha value is -1.33. The molecule has 1 fully saturated rings. The highest BCUT2D eigenvalue weighted by Crippen LogP contribution is 2.11. The van der Waals surface area contributed by atoms with Crippen molar-refractivity contribution < 1.29 is 9.47 Å². The smallest absolute Gasteiger partial charge is 0.127 e. The van der Waals surface area contributed by atoms with Gasteiger partial charge in [-0.1, -0.05) is 0 Å². The van der Waals surface area contributed by atoms with Gasteiger partial charge in [0.1, 0.15) is 5.82 Å². The highest BCUT2D eigenvalue weighted by molar-refractivity contribution is 5.51. The van der Waals surface area contributed by atoms with Gasteiger partial charge >= 0.3 is 0 Å². The van der Waals surface area contributed by atoms with Crippen LogP contribution in [0.5, 0.6) is 0 Å². The van der Waals surface area contributed by atoms with Crippen LogP contribution in [0.1, 0.15) is 0 Å². The maximum absolute atomic E-state index is 5.54. The van der Waals surface area contributed by atoms with Gasteiger partial charge in [-0.15, -0.1) is 0 Å². The first kappa shape index (κ1) is 11.2. The first-order valence-corrected chi connectivity index (χ1v) is 5.45. The van der Waals surface area contributed by atoms with Gasteiger partial charge in [-0.2, -0.15) is 0 Å². The van der Waals surface area contributed by atoms with Gasteiger partial charge in [-0.05, 0) is 6.07 Å². The third-order valence-corrected chi connectivity index (χ3v) is 2.43. The summed E-state index contributed by atoms with van der Waals surface area (Å²) in [5.41, 5.74) is 1.04. The van der Waals surface area contributed by atoms with Gasteiger partial charge in [0.15, 0.2) is 0 Å². The van der Waals surface area contributed by atoms with Crippen LogP contribution >= 0.6 is 0 Å². The third-order valence-electron chi connectivity index (χ3n) is 2.43. The van der Waals surface area contributed by atoms with Gasteiger partial charge < -0.3 is 20.1 Å². The zero-order valence-electron chi connectivity index (χ0n) is 9.40. The lowest BCUT2D eigenvalue weighted by Crippen LogP contribution is -2.34. The summed E-state index contributed by atoms with van der Waals surface area (Å²) in [7, 11) is 1.85. The topological polar surface area (TPSA) is 55.4 Å². The van der Waals surface area contributed by atoms with E-state index < -0.39 is 0 Å². The molecule has 0 amide bonds. The van der Waals surface area contributed by atoms with Crippen LogP contribution in [-0.2, 0) is 9.47 Å². The van der Waals surface area contributed by atoms with Gasteiger partial charge in [0.05, 0.1) is 25.9 Å². The second kappa shape index (κ2) is 5.67. The molecule has 1 aromatic rings. The molecule has 0 spiro atoms. The minimum atomic E-state index is 0.139. The monoisotopic (exact) mass is 223 g/mol. The summed E-state index contributed by atoms with van der Waals surface area (Å²) in [5, 5.41) is 6.30. The van der Waals surface area contributed by atoms with Gasteiger partial charge in [0, 0.05) is 31.5 Å². The number of anilines is 2. The lowest BCUT2D eigenvalue weighted by Gasteiger charge is -2.23. The van der Waals surface area contributed by atoms with Crippen molar-refractivity contribution in [2.24, 2.45) is 0 Å². The van der Waals surface area contributed by atoms with Crippen molar-refractivity contribution in [2.45, 2.75) is 6.10 Å². The van der Waals surface area contributed by atoms with Crippen LogP contribution in [0.4, 0.5) is 11.5 Å². The molecule has 1 unspecified atom stereocenters. The number of aromatic nitrogens is 1. The van der Waals surface area contributed by atoms with E-state index in [0.29, 0.717) is 19.8 Å². The maximum Gasteiger partial charge on any atom is 0.127 e. The molecule has 5 heteroatoms. The molecule has 2 rings (SSSR count). The molecule has 0 radical (unpaired) electrons. The number of rotatable bonds is 4. The molecule has 0 saturated carbocycles. The minimum absolute atomic E-state index is 0.139. The van der Waals surface area contributed by atoms with Gasteiger partial charge in [0.25, 0.3) is 0 Å². The summed E-state index contributed by atoms with van der Waals surface area (Å²) in [5.74, 6) is 0.853. The average molecular weight is 223 g/mol. The molecule has 0 aromatic carbocycles. The quantitative estimate of drug-likeness (QED) is 0.796. The number of hydrogen-bond acceptors (Lipinski definition) is 5. The SMILES string of the molecule is CNc1cc(NCC2COCCO2)ccn1. The minimum Gasteiger partial charge on any atom is -0.382 e. The fourth-order valence-electron chi connectivity index (χ4n) is 1.56. The molecule has 16 heavy (non-hydrogen) atoms. The van der Waals surface area contributed by atoms with Crippen LogP contribution in [0, 0.1) is 0 Å². The van der Waals surface area contributed by atoms with Crippen LogP contribution in [0.15, 0.2) is 18.3 Å². The Morgan fingerprint density at radius 1 is 1.50 bits per heavy atom. The normalized spacial score (nSPS) is 20.4. The summed E-state index contributed by atoms with van der Waals surface area (Å²) >= 11 is 0. The Balaban J connectivity index is 1.83. The predicted molar refractivity (Wildman–Crippen MR) is 62.8 cm³/mol. The van der Waals surface area contributed by atoms with Crippen molar-refractivity contribution in [2.75, 3.05) is 44.0 Å². The van der Waals surface area contributed by atoms with Crippen LogP contribution < -0.4 is 10.6 Å². The highest BCUT2D eigenvalue weighted by Gasteiger charge is 2.13. The van der Waals surface area contributed by atoms with E-state index in [0.717, 1.165) is 18.1 Å². The molecule has 0 bridgehead atoms. The lowest BCUT2D eigenvalue weighted by molar-refractivity contribution is -0.0818. The molecule has 2 N–H and O–H groups in total. The Bertz CT molecular complexity index is 327. The lowest BCUT2D eigenvalue weighted by atomic mass is 10.3. The van der Waals surface area contributed by atoms with Crippen molar-refractivity contribution in [1.29, 1.82) is 0 Å². The van der Waals surface area contributed by atoms with Crippen molar-refractivity contribution in [3.05, 3.63) is 18.3 Å². The molecule has 1 atom stereocenters. The second-order valence-electron chi connectivity index (χ2n) is 3.63. The average Bonchev–Trinajstić information content (AvgIpc) is 2.38. The number of pyridine rings is 1. The first-order valence-electron chi connectivity index (χ1n) is 5.45. The van der Waals surface area contributed by atoms with Crippen LogP contribution in [-0.4, -0.2) is 44.5 Å². The van der Waals surface area contributed by atoms with E-state index >= 15 is 0 Å². The molecule has 0 aliphatic carbocycles. The molecule has 1 aliphatic heterocycles. The molecule has 2 heterocycles. The third kappa shape index (κ3) is 3.08. The van der Waals surface area contributed by atoms with E-state index in [4.69, 9.17) is 9.47 Å². The van der Waals surface area contributed by atoms with E-state index in [-0.39, 0.29) is 6.10 Å². The Morgan fingerprint density at radius 2 is 2.44 bits per heavy atom. The molecular formula is C11H17N3O2. The van der Waals surface area contributed by atoms with Crippen LogP contribution in [0.3, 0.4) is 0 Å². The second-order valence-corrected chi connectivity index (χ2v) is 3.63. The summed E-state index contributed by atoms with van der Waals surface area (Å²) in [6.07, 6.45) is 1.91. The largest absolute Gasteiger partial charge is 0.382 e.